The molecule has 0 saturated carbocycles. The van der Waals surface area contributed by atoms with E-state index in [4.69, 9.17) is 4.74 Å². The number of aryl methyl sites for hydroxylation is 1. The third-order valence-electron chi connectivity index (χ3n) is 5.31. The van der Waals surface area contributed by atoms with E-state index in [-0.39, 0.29) is 12.5 Å². The van der Waals surface area contributed by atoms with Crippen LogP contribution in [-0.4, -0.2) is 22.3 Å². The number of carbonyl (C=O) groups excluding carboxylic acids is 1. The predicted octanol–water partition coefficient (Wildman–Crippen LogP) is 5.89. The van der Waals surface area contributed by atoms with Gasteiger partial charge in [0.2, 0.25) is 0 Å². The lowest BCUT2D eigenvalue weighted by Gasteiger charge is -2.09. The minimum Gasteiger partial charge on any atom is -0.483 e. The van der Waals surface area contributed by atoms with E-state index in [0.717, 1.165) is 40.8 Å². The molecule has 0 saturated heterocycles. The van der Waals surface area contributed by atoms with Crippen LogP contribution >= 0.6 is 0 Å². The minimum atomic E-state index is -0.134. The Morgan fingerprint density at radius 2 is 1.75 bits per heavy atom. The standard InChI is InChI=1S/C24H30N2O2/c1-4-5-6-7-8-14-21-18(2)25-26(19(21)3)24(27)17-28-23-16-11-13-20-12-9-10-15-22(20)23/h9-13,15-16H,4-8,14,17H2,1-3H3. The van der Waals surface area contributed by atoms with E-state index in [9.17, 15) is 4.79 Å². The third kappa shape index (κ3) is 4.61. The van der Waals surface area contributed by atoms with Crippen molar-refractivity contribution in [1.82, 2.24) is 9.78 Å². The summed E-state index contributed by atoms with van der Waals surface area (Å²) in [6.45, 7) is 6.18. The predicted molar refractivity (Wildman–Crippen MR) is 114 cm³/mol. The molecule has 0 unspecified atom stereocenters. The molecule has 0 amide bonds. The summed E-state index contributed by atoms with van der Waals surface area (Å²) in [4.78, 5) is 12.7. The highest BCUT2D eigenvalue weighted by atomic mass is 16.5. The Labute approximate surface area is 167 Å². The zero-order valence-electron chi connectivity index (χ0n) is 17.2. The lowest BCUT2D eigenvalue weighted by molar-refractivity contribution is 0.0819. The van der Waals surface area contributed by atoms with Gasteiger partial charge in [-0.3, -0.25) is 4.79 Å². The van der Waals surface area contributed by atoms with Crippen LogP contribution < -0.4 is 4.74 Å². The van der Waals surface area contributed by atoms with Gasteiger partial charge in [-0.2, -0.15) is 5.10 Å². The summed E-state index contributed by atoms with van der Waals surface area (Å²) >= 11 is 0. The molecule has 1 aromatic heterocycles. The Morgan fingerprint density at radius 3 is 2.57 bits per heavy atom. The average molecular weight is 379 g/mol. The fourth-order valence-corrected chi connectivity index (χ4v) is 3.71. The second-order valence-electron chi connectivity index (χ2n) is 7.39. The first-order valence-electron chi connectivity index (χ1n) is 10.3. The quantitative estimate of drug-likeness (QED) is 0.436. The molecule has 148 valence electrons. The number of hydrogen-bond donors (Lipinski definition) is 0. The van der Waals surface area contributed by atoms with Crippen LogP contribution in [0.25, 0.3) is 10.8 Å². The molecular formula is C24H30N2O2. The topological polar surface area (TPSA) is 44.1 Å². The van der Waals surface area contributed by atoms with Crippen molar-refractivity contribution >= 4 is 16.7 Å². The minimum absolute atomic E-state index is 0.0219. The van der Waals surface area contributed by atoms with Crippen LogP contribution in [0.1, 0.15) is 60.8 Å². The maximum absolute atomic E-state index is 12.7. The van der Waals surface area contributed by atoms with Crippen LogP contribution in [-0.2, 0) is 6.42 Å². The van der Waals surface area contributed by atoms with Crippen molar-refractivity contribution in [3.63, 3.8) is 0 Å². The monoisotopic (exact) mass is 378 g/mol. The number of nitrogens with zero attached hydrogens (tertiary/aromatic N) is 2. The Balaban J connectivity index is 1.65. The average Bonchev–Trinajstić information content (AvgIpc) is 3.00. The molecule has 0 atom stereocenters. The first-order chi connectivity index (χ1) is 13.6. The molecule has 0 aliphatic rings. The van der Waals surface area contributed by atoms with Gasteiger partial charge in [0.15, 0.2) is 6.61 Å². The van der Waals surface area contributed by atoms with Crippen molar-refractivity contribution in [2.24, 2.45) is 0 Å². The van der Waals surface area contributed by atoms with Crippen LogP contribution in [0.15, 0.2) is 42.5 Å². The van der Waals surface area contributed by atoms with E-state index < -0.39 is 0 Å². The van der Waals surface area contributed by atoms with Gasteiger partial charge in [-0.25, -0.2) is 4.68 Å². The van der Waals surface area contributed by atoms with Crippen molar-refractivity contribution < 1.29 is 9.53 Å². The van der Waals surface area contributed by atoms with Gasteiger partial charge >= 0.3 is 0 Å². The highest BCUT2D eigenvalue weighted by molar-refractivity contribution is 5.88. The molecule has 0 aliphatic carbocycles. The molecule has 3 aromatic rings. The van der Waals surface area contributed by atoms with Crippen molar-refractivity contribution in [2.75, 3.05) is 6.61 Å². The summed E-state index contributed by atoms with van der Waals surface area (Å²) in [5.74, 6) is 0.592. The van der Waals surface area contributed by atoms with E-state index >= 15 is 0 Å². The third-order valence-corrected chi connectivity index (χ3v) is 5.31. The van der Waals surface area contributed by atoms with Crippen LogP contribution in [0.5, 0.6) is 5.75 Å². The van der Waals surface area contributed by atoms with Gasteiger partial charge in [0.25, 0.3) is 5.91 Å². The molecule has 0 radical (unpaired) electrons. The first kappa shape index (κ1) is 20.1. The largest absolute Gasteiger partial charge is 0.483 e. The second-order valence-corrected chi connectivity index (χ2v) is 7.39. The summed E-state index contributed by atoms with van der Waals surface area (Å²) < 4.78 is 7.37. The number of rotatable bonds is 9. The van der Waals surface area contributed by atoms with Crippen molar-refractivity contribution in [1.29, 1.82) is 0 Å². The number of carbonyl (C=O) groups is 1. The Kier molecular flexibility index (Phi) is 6.85. The summed E-state index contributed by atoms with van der Waals surface area (Å²) in [5.41, 5.74) is 3.10. The number of aromatic nitrogens is 2. The van der Waals surface area contributed by atoms with E-state index in [1.807, 2.05) is 56.3 Å². The summed E-state index contributed by atoms with van der Waals surface area (Å²) in [6, 6.07) is 13.9. The summed E-state index contributed by atoms with van der Waals surface area (Å²) in [7, 11) is 0. The molecular weight excluding hydrogens is 348 g/mol. The number of unbranched alkanes of at least 4 members (excludes halogenated alkanes) is 4. The summed E-state index contributed by atoms with van der Waals surface area (Å²) in [5, 5.41) is 6.60. The van der Waals surface area contributed by atoms with Crippen LogP contribution in [0.3, 0.4) is 0 Å². The van der Waals surface area contributed by atoms with Crippen LogP contribution in [0, 0.1) is 13.8 Å². The van der Waals surface area contributed by atoms with Crippen molar-refractivity contribution in [2.45, 2.75) is 59.3 Å². The molecule has 0 N–H and O–H groups in total. The molecule has 2 aromatic carbocycles. The highest BCUT2D eigenvalue weighted by Gasteiger charge is 2.17. The van der Waals surface area contributed by atoms with Gasteiger partial charge in [0.1, 0.15) is 5.75 Å². The van der Waals surface area contributed by atoms with Gasteiger partial charge in [-0.05, 0) is 43.7 Å². The lowest BCUT2D eigenvalue weighted by Crippen LogP contribution is -2.21. The SMILES string of the molecule is CCCCCCCc1c(C)nn(C(=O)COc2cccc3ccccc23)c1C. The van der Waals surface area contributed by atoms with E-state index in [0.29, 0.717) is 0 Å². The Bertz CT molecular complexity index is 938. The molecule has 0 fully saturated rings. The highest BCUT2D eigenvalue weighted by Crippen LogP contribution is 2.25. The zero-order chi connectivity index (χ0) is 19.9. The number of fused-ring (bicyclic) bond motifs is 1. The van der Waals surface area contributed by atoms with Crippen molar-refractivity contribution in [3.8, 4) is 5.75 Å². The number of benzene rings is 2. The van der Waals surface area contributed by atoms with E-state index in [2.05, 4.69) is 12.0 Å². The first-order valence-corrected chi connectivity index (χ1v) is 10.3. The molecule has 3 rings (SSSR count). The second kappa shape index (κ2) is 9.54. The maximum Gasteiger partial charge on any atom is 0.284 e. The molecule has 0 aliphatic heterocycles. The normalized spacial score (nSPS) is 11.1. The maximum atomic E-state index is 12.7. The molecule has 0 spiro atoms. The number of ether oxygens (including phenoxy) is 1. The van der Waals surface area contributed by atoms with Crippen LogP contribution in [0.2, 0.25) is 0 Å². The van der Waals surface area contributed by atoms with Gasteiger partial charge in [-0.1, -0.05) is 69.0 Å². The molecule has 0 bridgehead atoms. The van der Waals surface area contributed by atoms with E-state index in [1.54, 1.807) is 0 Å². The van der Waals surface area contributed by atoms with Gasteiger partial charge in [0.05, 0.1) is 5.69 Å². The molecule has 4 nitrogen and oxygen atoms in total. The smallest absolute Gasteiger partial charge is 0.284 e. The zero-order valence-corrected chi connectivity index (χ0v) is 17.2. The Hall–Kier alpha value is -2.62. The molecule has 1 heterocycles. The molecule has 28 heavy (non-hydrogen) atoms. The fourth-order valence-electron chi connectivity index (χ4n) is 3.71. The Morgan fingerprint density at radius 1 is 1.00 bits per heavy atom. The molecule has 4 heteroatoms. The lowest BCUT2D eigenvalue weighted by atomic mass is 10.0. The van der Waals surface area contributed by atoms with Crippen LogP contribution in [0.4, 0.5) is 0 Å². The van der Waals surface area contributed by atoms with Gasteiger partial charge in [0, 0.05) is 11.1 Å². The van der Waals surface area contributed by atoms with Crippen molar-refractivity contribution in [3.05, 3.63) is 59.4 Å². The number of hydrogen-bond acceptors (Lipinski definition) is 3. The van der Waals surface area contributed by atoms with Gasteiger partial charge in [-0.15, -0.1) is 0 Å². The summed E-state index contributed by atoms with van der Waals surface area (Å²) in [6.07, 6.45) is 7.19. The fraction of sp³-hybridized carbons (Fsp3) is 0.417. The van der Waals surface area contributed by atoms with E-state index in [1.165, 1.54) is 35.9 Å². The van der Waals surface area contributed by atoms with Gasteiger partial charge < -0.3 is 4.74 Å².